The van der Waals surface area contributed by atoms with Crippen molar-refractivity contribution in [1.29, 1.82) is 0 Å². The minimum Gasteiger partial charge on any atom is -0.790 e. The van der Waals surface area contributed by atoms with Crippen molar-refractivity contribution < 1.29 is 126 Å². The molecule has 0 bridgehead atoms. The van der Waals surface area contributed by atoms with Gasteiger partial charge in [-0.05, 0) is 6.42 Å². The fraction of sp³-hybridized carbons (Fsp3) is 1.00. The minimum atomic E-state index is -5.59. The smallest absolute Gasteiger partial charge is 0.790 e. The van der Waals surface area contributed by atoms with E-state index in [-0.39, 0.29) is 95.3 Å². The molecule has 0 amide bonds. The van der Waals surface area contributed by atoms with Crippen molar-refractivity contribution in [2.24, 2.45) is 0 Å². The van der Waals surface area contributed by atoms with Crippen molar-refractivity contribution in [3.63, 3.8) is 0 Å². The van der Waals surface area contributed by atoms with Gasteiger partial charge in [0.25, 0.3) is 7.82 Å². The summed E-state index contributed by atoms with van der Waals surface area (Å²) in [4.78, 5) is 30.7. The Morgan fingerprint density at radius 3 is 1.89 bits per heavy atom. The zero-order chi connectivity index (χ0) is 12.7. The summed E-state index contributed by atoms with van der Waals surface area (Å²) in [6, 6.07) is 0. The number of hydrogen-bond donors (Lipinski definition) is 0. The number of phosphoric acid groups is 2. The molecule has 0 heterocycles. The van der Waals surface area contributed by atoms with Gasteiger partial charge in [-0.2, -0.15) is 0 Å². The van der Waals surface area contributed by atoms with E-state index in [1.165, 1.54) is 0 Å². The van der Waals surface area contributed by atoms with Crippen LogP contribution in [0.5, 0.6) is 0 Å². The average Bonchev–Trinajstić information content (AvgIpc) is 2.06. The molecule has 0 aromatic heterocycles. The molecule has 0 aliphatic rings. The van der Waals surface area contributed by atoms with E-state index >= 15 is 0 Å². The molecule has 0 aliphatic carbocycles. The largest absolute Gasteiger partial charge is 1.00 e. The molecule has 0 aromatic rings. The molecule has 0 saturated carbocycles. The Hall–Kier alpha value is 3.22. The van der Waals surface area contributed by atoms with E-state index in [2.05, 4.69) is 8.83 Å². The SMILES string of the molecule is CCCCOCCOP(=O)([O-])OP(=O)([O-])[O-].[Na+].[Na+].[Na+]. The molecule has 0 radical (unpaired) electrons. The van der Waals surface area contributed by atoms with Gasteiger partial charge in [-0.3, -0.25) is 8.88 Å². The van der Waals surface area contributed by atoms with Crippen molar-refractivity contribution in [3.8, 4) is 0 Å². The Morgan fingerprint density at radius 2 is 1.47 bits per heavy atom. The predicted octanol–water partition coefficient (Wildman–Crippen LogP) is -9.85. The third-order valence-electron chi connectivity index (χ3n) is 1.32. The monoisotopic (exact) mass is 344 g/mol. The second kappa shape index (κ2) is 16.1. The molecule has 1 unspecified atom stereocenters. The van der Waals surface area contributed by atoms with E-state index in [9.17, 15) is 23.8 Å². The molecule has 13 heteroatoms. The second-order valence-corrected chi connectivity index (χ2v) is 5.48. The van der Waals surface area contributed by atoms with Crippen LogP contribution in [0.3, 0.4) is 0 Å². The maximum absolute atomic E-state index is 10.7. The van der Waals surface area contributed by atoms with Crippen LogP contribution in [-0.2, 0) is 22.7 Å². The average molecular weight is 344 g/mol. The molecule has 0 aliphatic heterocycles. The number of rotatable bonds is 9. The van der Waals surface area contributed by atoms with Crippen LogP contribution in [-0.4, -0.2) is 19.8 Å². The first-order valence-corrected chi connectivity index (χ1v) is 7.45. The van der Waals surface area contributed by atoms with Gasteiger partial charge in [-0.1, -0.05) is 13.3 Å². The number of hydrogen-bond acceptors (Lipinski definition) is 8. The van der Waals surface area contributed by atoms with Gasteiger partial charge in [0.1, 0.15) is 0 Å². The number of phosphoric ester groups is 1. The van der Waals surface area contributed by atoms with Gasteiger partial charge in [0, 0.05) is 6.61 Å². The Morgan fingerprint density at radius 1 is 0.947 bits per heavy atom. The molecular formula is C6H13Na3O8P2. The van der Waals surface area contributed by atoms with Gasteiger partial charge < -0.3 is 28.5 Å². The molecule has 0 rings (SSSR count). The number of unbranched alkanes of at least 4 members (excludes halogenated alkanes) is 1. The van der Waals surface area contributed by atoms with Crippen LogP contribution in [0.2, 0.25) is 0 Å². The third kappa shape index (κ3) is 23.6. The van der Waals surface area contributed by atoms with Crippen LogP contribution >= 0.6 is 15.6 Å². The van der Waals surface area contributed by atoms with Crippen molar-refractivity contribution in [3.05, 3.63) is 0 Å². The fourth-order valence-corrected chi connectivity index (χ4v) is 2.17. The van der Waals surface area contributed by atoms with Crippen molar-refractivity contribution >= 4 is 15.6 Å². The molecule has 8 nitrogen and oxygen atoms in total. The zero-order valence-corrected chi connectivity index (χ0v) is 19.5. The predicted molar refractivity (Wildman–Crippen MR) is 48.0 cm³/mol. The normalized spacial score (nSPS) is 13.5. The Balaban J connectivity index is -0.000000375. The van der Waals surface area contributed by atoms with Gasteiger partial charge in [0.2, 0.25) is 0 Å². The minimum absolute atomic E-state index is 0. The Bertz CT molecular complexity index is 286. The first-order chi connectivity index (χ1) is 7.27. The van der Waals surface area contributed by atoms with Gasteiger partial charge >= 0.3 is 88.7 Å². The van der Waals surface area contributed by atoms with Crippen LogP contribution in [0.15, 0.2) is 0 Å². The standard InChI is InChI=1S/C6H16O8P2.3Na/c1-2-3-4-12-5-6-13-16(10,11)14-15(7,8)9;;;/h2-6H2,1H3,(H,10,11)(H2,7,8,9);;;/q;3*+1/p-3. The maximum Gasteiger partial charge on any atom is 1.00 e. The summed E-state index contributed by atoms with van der Waals surface area (Å²) in [5.74, 6) is 0. The van der Waals surface area contributed by atoms with Crippen molar-refractivity contribution in [1.82, 2.24) is 0 Å². The molecule has 98 valence electrons. The second-order valence-electron chi connectivity index (χ2n) is 2.78. The summed E-state index contributed by atoms with van der Waals surface area (Å²) in [5.41, 5.74) is 0. The molecular weight excluding hydrogens is 331 g/mol. The first kappa shape index (κ1) is 30.1. The molecule has 0 fully saturated rings. The quantitative estimate of drug-likeness (QED) is 0.229. The summed E-state index contributed by atoms with van der Waals surface area (Å²) in [6.07, 6.45) is 1.75. The van der Waals surface area contributed by atoms with Crippen LogP contribution < -0.4 is 103 Å². The summed E-state index contributed by atoms with van der Waals surface area (Å²) >= 11 is 0. The molecule has 19 heavy (non-hydrogen) atoms. The Kier molecular flexibility index (Phi) is 25.5. The van der Waals surface area contributed by atoms with Gasteiger partial charge in [-0.15, -0.1) is 0 Å². The van der Waals surface area contributed by atoms with Crippen LogP contribution in [0.1, 0.15) is 19.8 Å². The summed E-state index contributed by atoms with van der Waals surface area (Å²) in [5, 5.41) is 0. The van der Waals surface area contributed by atoms with E-state index in [0.717, 1.165) is 12.8 Å². The van der Waals surface area contributed by atoms with Crippen LogP contribution in [0.25, 0.3) is 0 Å². The van der Waals surface area contributed by atoms with Gasteiger partial charge in [0.05, 0.1) is 21.0 Å². The Labute approximate surface area is 179 Å². The zero-order valence-electron chi connectivity index (χ0n) is 11.7. The summed E-state index contributed by atoms with van der Waals surface area (Å²) < 4.78 is 32.9. The first-order valence-electron chi connectivity index (χ1n) is 4.53. The van der Waals surface area contributed by atoms with Crippen LogP contribution in [0.4, 0.5) is 0 Å². The third-order valence-corrected chi connectivity index (χ3v) is 3.42. The van der Waals surface area contributed by atoms with Gasteiger partial charge in [-0.25, -0.2) is 0 Å². The summed E-state index contributed by atoms with van der Waals surface area (Å²) in [7, 11) is -10.7. The fourth-order valence-electron chi connectivity index (χ4n) is 0.703. The molecule has 0 aromatic carbocycles. The van der Waals surface area contributed by atoms with Crippen molar-refractivity contribution in [2.45, 2.75) is 19.8 Å². The van der Waals surface area contributed by atoms with Gasteiger partial charge in [0.15, 0.2) is 0 Å². The van der Waals surface area contributed by atoms with E-state index in [1.54, 1.807) is 0 Å². The van der Waals surface area contributed by atoms with E-state index in [4.69, 9.17) is 4.74 Å². The maximum atomic E-state index is 10.7. The van der Waals surface area contributed by atoms with E-state index in [0.29, 0.717) is 6.61 Å². The van der Waals surface area contributed by atoms with Crippen LogP contribution in [0, 0.1) is 0 Å². The summed E-state index contributed by atoms with van der Waals surface area (Å²) in [6.45, 7) is 1.98. The number of ether oxygens (including phenoxy) is 1. The molecule has 0 N–H and O–H groups in total. The molecule has 1 atom stereocenters. The molecule has 0 spiro atoms. The topological polar surface area (TPSA) is 131 Å². The molecule has 0 saturated heterocycles. The van der Waals surface area contributed by atoms with E-state index < -0.39 is 22.3 Å². The van der Waals surface area contributed by atoms with E-state index in [1.807, 2.05) is 6.92 Å². The van der Waals surface area contributed by atoms with Crippen molar-refractivity contribution in [2.75, 3.05) is 19.8 Å².